The summed E-state index contributed by atoms with van der Waals surface area (Å²) < 4.78 is 190. The number of imide groups is 3. The molecule has 150 heavy (non-hydrogen) atoms. The van der Waals surface area contributed by atoms with Gasteiger partial charge in [0.25, 0.3) is 35.4 Å². The average Bonchev–Trinajstić information content (AvgIpc) is 1.01. The number of sulfone groups is 4. The molecule has 9 heterocycles. The molecule has 3 fully saturated rings. The van der Waals surface area contributed by atoms with Crippen molar-refractivity contribution < 1.29 is 195 Å². The van der Waals surface area contributed by atoms with Crippen molar-refractivity contribution in [2.24, 2.45) is 10.3 Å². The van der Waals surface area contributed by atoms with Crippen LogP contribution in [0, 0.1) is 0 Å². The van der Waals surface area contributed by atoms with Crippen LogP contribution in [0.25, 0.3) is 0 Å². The van der Waals surface area contributed by atoms with Crippen LogP contribution < -0.4 is 26.0 Å². The monoisotopic (exact) mass is 2330 g/mol. The Labute approximate surface area is 885 Å². The molecule has 0 aliphatic carbocycles. The number of thiophene rings is 3. The summed E-state index contributed by atoms with van der Waals surface area (Å²) in [7, 11) is -26.0. The van der Waals surface area contributed by atoms with Gasteiger partial charge in [-0.2, -0.15) is 4.79 Å². The number of carbonyl (C=O) groups is 16. The molecule has 61 heteroatoms. The molecule has 6 aliphatic rings. The van der Waals surface area contributed by atoms with Gasteiger partial charge in [-0.15, -0.1) is 34.0 Å². The molecule has 8 N–H and O–H groups in total. The van der Waals surface area contributed by atoms with Gasteiger partial charge < -0.3 is 68.3 Å². The summed E-state index contributed by atoms with van der Waals surface area (Å²) in [4.78, 5) is 192. The minimum atomic E-state index is -4.10. The van der Waals surface area contributed by atoms with E-state index in [1.54, 1.807) is 47.6 Å². The van der Waals surface area contributed by atoms with E-state index in [1.165, 1.54) is 77.3 Å². The second-order valence-electron chi connectivity index (χ2n) is 34.9. The number of hydrogen-bond acceptors (Lipinski definition) is 46. The molecule has 3 saturated heterocycles. The lowest BCUT2D eigenvalue weighted by Crippen LogP contribution is -2.68. The predicted octanol–water partition coefficient (Wildman–Crippen LogP) is 6.79. The van der Waals surface area contributed by atoms with Crippen molar-refractivity contribution in [3.05, 3.63) is 95.6 Å². The van der Waals surface area contributed by atoms with Crippen LogP contribution in [0.1, 0.15) is 224 Å². The molecule has 50 nitrogen and oxygen atoms in total. The Morgan fingerprint density at radius 3 is 1.11 bits per heavy atom. The highest BCUT2D eigenvalue weighted by Crippen LogP contribution is 2.49. The number of carbonyl (C=O) groups excluding carboxylic acids is 16. The van der Waals surface area contributed by atoms with E-state index >= 15 is 0 Å². The van der Waals surface area contributed by atoms with E-state index in [1.807, 2.05) is 67.6 Å². The predicted molar refractivity (Wildman–Crippen MR) is 536 cm³/mol. The number of hydroxylamine groups is 6. The highest BCUT2D eigenvalue weighted by molar-refractivity contribution is 7.98. The minimum Gasteiger partial charge on any atom is -0.463 e. The molecular weight excluding hydrogens is 2210 g/mol. The molecule has 0 spiro atoms. The van der Waals surface area contributed by atoms with E-state index in [9.17, 15) is 127 Å². The number of aliphatic hydroxyl groups is 3. The van der Waals surface area contributed by atoms with Gasteiger partial charge in [0.2, 0.25) is 20.0 Å². The lowest BCUT2D eigenvalue weighted by atomic mass is 10.0. The molecule has 0 bridgehead atoms. The number of primary sulfonamides is 2. The highest BCUT2D eigenvalue weighted by atomic mass is 35.5. The quantitative estimate of drug-likeness (QED) is 0.00749. The Morgan fingerprint density at radius 1 is 0.473 bits per heavy atom. The Balaban J connectivity index is 0.000000379. The first kappa shape index (κ1) is 131. The Hall–Kier alpha value is -11.0. The second kappa shape index (κ2) is 57.6. The van der Waals surface area contributed by atoms with Crippen LogP contribution in [0.3, 0.4) is 0 Å². The summed E-state index contributed by atoms with van der Waals surface area (Å²) in [6, 6.07) is 22.5. The molecule has 0 saturated carbocycles. The maximum absolute atomic E-state index is 14.2. The van der Waals surface area contributed by atoms with Crippen LogP contribution in [-0.2, 0) is 165 Å². The lowest BCUT2D eigenvalue weighted by molar-refractivity contribution is -0.198. The van der Waals surface area contributed by atoms with Crippen molar-refractivity contribution in [2.45, 2.75) is 284 Å². The van der Waals surface area contributed by atoms with Crippen molar-refractivity contribution in [1.29, 1.82) is 0 Å². The molecule has 838 valence electrons. The van der Waals surface area contributed by atoms with E-state index in [0.29, 0.717) is 46.3 Å². The lowest BCUT2D eigenvalue weighted by Gasteiger charge is -2.43. The first-order valence-electron chi connectivity index (χ1n) is 45.8. The summed E-state index contributed by atoms with van der Waals surface area (Å²) >= 11 is 6.69. The number of nitrogens with zero attached hydrogens (tertiary/aromatic N) is 5. The average molecular weight is 2330 g/mol. The molecule has 11 atom stereocenters. The van der Waals surface area contributed by atoms with Crippen LogP contribution in [0.15, 0.2) is 104 Å². The fraction of sp³-hybridized carbons (Fsp3) is 0.551. The smallest absolute Gasteiger partial charge is 0.463 e. The maximum Gasteiger partial charge on any atom is 0.560 e. The Kier molecular flexibility index (Phi) is 50.5. The van der Waals surface area contributed by atoms with Gasteiger partial charge in [0.15, 0.2) is 39.3 Å². The fourth-order valence-electron chi connectivity index (χ4n) is 14.5. The number of halogens is 1. The van der Waals surface area contributed by atoms with Gasteiger partial charge in [0.05, 0.1) is 52.0 Å². The summed E-state index contributed by atoms with van der Waals surface area (Å²) in [6.45, 7) is 30.8. The third kappa shape index (κ3) is 38.1. The standard InChI is InChI=1S/C27H35NO4S3Si.2C16H24N2O8S3.C10H13NO7.C9H8N2O7.C5H10O3.C3H3ClO3.C3H8O2/c1-6-28-24-17-20(2)35(31,32)26-23(24)18-25(33-26)34(29,30)19-36(27(3,4)5,21-13-9-7-10-14-21)22-15-11-8-12-16-22;1-5-18(16(20)25-8-9(2)26-11(4)19)13-6-10(3)28(21,22)15-12(13)7-14(27-15)29(17,23)24;1-5-18(16(20)26-9(2)8-25-11(4)19)13-6-10(3)28(21,22)15-12(13)7-14(27-15)29(17,23)24;1-6(5-16-7(2)12)17-10(15)18-11-8(13)3-4-9(11)14;12-5-1-2-6(13)10(5)17-9(16)18-11-7(14)3-4-8(11)15;1-4(6)3-8-5(2)7;1-2(5)7-3(4)6;1-3(5)2-4/h7-16,18,20,24,28H,6,17,19H2,1-5H3;2*7,9-10,13H,5-6,8H2,1-4H3,(H2,17,23,24);6H,3-5H2,1-2H3;1-4H2;4,6H,3H2,1-2H3;1H3;3-5H,2H2,1H3/t20-,24-;2*9?,10-,13-;;;;;/m000...../s1. The Morgan fingerprint density at radius 2 is 0.800 bits per heavy atom. The van der Waals surface area contributed by atoms with Crippen molar-refractivity contribution in [2.75, 3.05) is 58.0 Å². The molecule has 11 rings (SSSR count). The normalized spacial score (nSPS) is 19.1. The number of rotatable bonds is 28. The van der Waals surface area contributed by atoms with E-state index < -0.39 is 215 Å². The number of nitrogens with two attached hydrogens (primary N) is 2. The number of hydrogen-bond donors (Lipinski definition) is 6. The third-order valence-corrected chi connectivity index (χ3v) is 46.3. The first-order valence-corrected chi connectivity index (χ1v) is 60.2. The number of sulfonamides is 2. The molecular formula is C89H125ClN8O42S9Si. The van der Waals surface area contributed by atoms with Crippen LogP contribution in [-0.4, -0.2) is 298 Å². The van der Waals surface area contributed by atoms with Crippen LogP contribution in [0.5, 0.6) is 0 Å². The highest BCUT2D eigenvalue weighted by Gasteiger charge is 2.53. The van der Waals surface area contributed by atoms with Crippen molar-refractivity contribution in [3.8, 4) is 0 Å². The van der Waals surface area contributed by atoms with E-state index in [-0.39, 0.29) is 166 Å². The van der Waals surface area contributed by atoms with E-state index in [4.69, 9.17) is 44.5 Å². The summed E-state index contributed by atoms with van der Waals surface area (Å²) in [5.74, 6) is -6.50. The summed E-state index contributed by atoms with van der Waals surface area (Å²) in [5.41, 5.74) is -0.0685. The molecule has 6 aliphatic heterocycles. The molecule has 2 aromatic carbocycles. The zero-order valence-electron chi connectivity index (χ0n) is 85.3. The Bertz CT molecular complexity index is 6260. The molecule has 3 aromatic heterocycles. The zero-order chi connectivity index (χ0) is 114. The van der Waals surface area contributed by atoms with Crippen LogP contribution >= 0.6 is 45.6 Å². The fourth-order valence-corrected chi connectivity index (χ4v) is 37.9. The largest absolute Gasteiger partial charge is 0.560 e. The summed E-state index contributed by atoms with van der Waals surface area (Å²) in [6.07, 6.45) is -6.98. The number of amides is 8. The molecule has 8 amide bonds. The maximum atomic E-state index is 14.2. The van der Waals surface area contributed by atoms with Gasteiger partial charge in [-0.3, -0.25) is 67.3 Å². The number of aliphatic hydroxyl groups excluding tert-OH is 3. The van der Waals surface area contributed by atoms with Crippen molar-refractivity contribution >= 4 is 219 Å². The van der Waals surface area contributed by atoms with E-state index in [0.717, 1.165) is 28.6 Å². The van der Waals surface area contributed by atoms with Crippen molar-refractivity contribution in [3.63, 3.8) is 0 Å². The third-order valence-electron chi connectivity index (χ3n) is 21.7. The molecule has 5 aromatic rings. The van der Waals surface area contributed by atoms with Gasteiger partial charge in [0.1, 0.15) is 78.1 Å². The van der Waals surface area contributed by atoms with Gasteiger partial charge in [-0.05, 0) is 124 Å². The zero-order valence-corrected chi connectivity index (χ0v) is 94.4. The van der Waals surface area contributed by atoms with Gasteiger partial charge in [-0.1, -0.05) is 114 Å². The second-order valence-corrected chi connectivity index (χ2v) is 57.2. The number of fused-ring (bicyclic) bond motifs is 3. The number of esters is 5. The topological polar surface area (TPSA) is 720 Å². The molecule has 5 unspecified atom stereocenters. The minimum absolute atomic E-state index is 0.00904. The number of ether oxygens (including phenoxy) is 8. The van der Waals surface area contributed by atoms with Crippen LogP contribution in [0.4, 0.5) is 24.0 Å². The van der Waals surface area contributed by atoms with Crippen LogP contribution in [0.2, 0.25) is 5.04 Å². The summed E-state index contributed by atoms with van der Waals surface area (Å²) in [5, 5.41) is 38.7. The van der Waals surface area contributed by atoms with Gasteiger partial charge in [-0.25, -0.2) is 80.0 Å². The van der Waals surface area contributed by atoms with Gasteiger partial charge in [0, 0.05) is 115 Å². The SMILES string of the molecule is CC(=O)OC(=O)Cl.CC(=O)OCC(C)O.CC(=O)OCC(C)OC(=O)ON1C(=O)CCC1=O.CC(O)CO.CCN(C(=O)OC(C)COC(C)=O)[C@H]1C[C@H](C)S(=O)(=O)c2sc(S(N)(=O)=O)cc21.CCN(C(=O)OCC(C)OC(C)=O)[C@H]1C[C@H](C)S(=O)(=O)c2sc(S(N)(=O)=O)cc21.CCN[C@H]1C[C@H](C)S(=O)(=O)c2sc(S(=O)(=O)C[Si](c3ccccc3)(c3ccccc3)C(C)(C)C)cc21.O=C(ON1C(=O)CCC1=O)ON1C(=O)CCC1=O. The molecule has 0 radical (unpaired) electrons. The van der Waals surface area contributed by atoms with Crippen molar-refractivity contribution in [1.82, 2.24) is 30.3 Å². The van der Waals surface area contributed by atoms with E-state index in [2.05, 4.69) is 71.1 Å². The van der Waals surface area contributed by atoms with Gasteiger partial charge >= 0.3 is 59.8 Å². The first-order chi connectivity index (χ1) is 69.3. The number of benzene rings is 2. The number of nitrogens with one attached hydrogen (secondary N) is 1.